The molecule has 0 saturated heterocycles. The molecular formula is C8H12ClN3O4S2. The summed E-state index contributed by atoms with van der Waals surface area (Å²) in [6.07, 6.45) is 0.619. The number of rotatable bonds is 6. The fraction of sp³-hybridized carbons (Fsp3) is 0.500. The Morgan fingerprint density at radius 1 is 1.67 bits per heavy atom. The molecule has 7 nitrogen and oxygen atoms in total. The van der Waals surface area contributed by atoms with Crippen molar-refractivity contribution in [1.29, 1.82) is 0 Å². The van der Waals surface area contributed by atoms with E-state index in [0.29, 0.717) is 17.8 Å². The highest BCUT2D eigenvalue weighted by Crippen LogP contribution is 2.35. The van der Waals surface area contributed by atoms with Crippen molar-refractivity contribution in [3.63, 3.8) is 0 Å². The quantitative estimate of drug-likeness (QED) is 0.607. The number of sulfonamides is 1. The standard InChI is InChI=1S/C8H12ClN3O4S2/c1-2-5(10)4-11-18(15,16)7-3-6(12(13)14)8(9)17-7/h3,5,11H,2,4,10H2,1H3. The van der Waals surface area contributed by atoms with Crippen molar-refractivity contribution in [2.45, 2.75) is 23.6 Å². The zero-order chi connectivity index (χ0) is 13.9. The van der Waals surface area contributed by atoms with E-state index in [1.165, 1.54) is 0 Å². The summed E-state index contributed by atoms with van der Waals surface area (Å²) in [7, 11) is -3.80. The highest BCUT2D eigenvalue weighted by atomic mass is 35.5. The van der Waals surface area contributed by atoms with Gasteiger partial charge in [-0.25, -0.2) is 13.1 Å². The molecule has 3 N–H and O–H groups in total. The monoisotopic (exact) mass is 313 g/mol. The summed E-state index contributed by atoms with van der Waals surface area (Å²) in [5, 5.41) is 10.6. The van der Waals surface area contributed by atoms with Gasteiger partial charge in [0.05, 0.1) is 4.92 Å². The van der Waals surface area contributed by atoms with Crippen molar-refractivity contribution in [2.24, 2.45) is 5.73 Å². The maximum absolute atomic E-state index is 11.8. The maximum atomic E-state index is 11.8. The predicted molar refractivity (Wildman–Crippen MR) is 69.4 cm³/mol. The minimum Gasteiger partial charge on any atom is -0.327 e. The van der Waals surface area contributed by atoms with Crippen LogP contribution in [0, 0.1) is 10.1 Å². The third-order valence-corrected chi connectivity index (χ3v) is 5.40. The first kappa shape index (κ1) is 15.3. The molecule has 0 aliphatic rings. The van der Waals surface area contributed by atoms with Gasteiger partial charge in [0, 0.05) is 18.7 Å². The number of hydrogen-bond donors (Lipinski definition) is 2. The zero-order valence-corrected chi connectivity index (χ0v) is 11.8. The third kappa shape index (κ3) is 3.62. The van der Waals surface area contributed by atoms with Crippen LogP contribution >= 0.6 is 22.9 Å². The Labute approximate surface area is 113 Å². The molecule has 1 aromatic rings. The van der Waals surface area contributed by atoms with E-state index in [4.69, 9.17) is 17.3 Å². The summed E-state index contributed by atoms with van der Waals surface area (Å²) in [5.74, 6) is 0. The van der Waals surface area contributed by atoms with E-state index >= 15 is 0 Å². The van der Waals surface area contributed by atoms with Crippen LogP contribution in [0.25, 0.3) is 0 Å². The van der Waals surface area contributed by atoms with Crippen molar-refractivity contribution in [3.8, 4) is 0 Å². The van der Waals surface area contributed by atoms with Gasteiger partial charge in [0.1, 0.15) is 4.21 Å². The molecule has 0 fully saturated rings. The lowest BCUT2D eigenvalue weighted by Gasteiger charge is -2.09. The second-order valence-corrected chi connectivity index (χ2v) is 7.15. The molecule has 1 rings (SSSR count). The van der Waals surface area contributed by atoms with Crippen molar-refractivity contribution >= 4 is 38.6 Å². The van der Waals surface area contributed by atoms with Crippen molar-refractivity contribution in [1.82, 2.24) is 4.72 Å². The summed E-state index contributed by atoms with van der Waals surface area (Å²) < 4.78 is 25.5. The Kier molecular flexibility index (Phi) is 5.05. The van der Waals surface area contributed by atoms with Gasteiger partial charge in [-0.2, -0.15) is 0 Å². The van der Waals surface area contributed by atoms with Crippen molar-refractivity contribution in [2.75, 3.05) is 6.54 Å². The number of nitrogens with zero attached hydrogens (tertiary/aromatic N) is 1. The van der Waals surface area contributed by atoms with E-state index in [9.17, 15) is 18.5 Å². The van der Waals surface area contributed by atoms with Gasteiger partial charge in [-0.05, 0) is 6.42 Å². The second-order valence-electron chi connectivity index (χ2n) is 3.50. The molecule has 0 aliphatic heterocycles. The van der Waals surface area contributed by atoms with Crippen molar-refractivity contribution in [3.05, 3.63) is 20.5 Å². The molecule has 0 radical (unpaired) electrons. The first-order valence-corrected chi connectivity index (χ1v) is 7.64. The smallest absolute Gasteiger partial charge is 0.300 e. The SMILES string of the molecule is CCC(N)CNS(=O)(=O)c1cc([N+](=O)[O-])c(Cl)s1. The van der Waals surface area contributed by atoms with E-state index in [1.54, 1.807) is 0 Å². The Morgan fingerprint density at radius 3 is 2.72 bits per heavy atom. The van der Waals surface area contributed by atoms with E-state index in [2.05, 4.69) is 4.72 Å². The second kappa shape index (κ2) is 5.93. The number of nitrogens with two attached hydrogens (primary N) is 1. The summed E-state index contributed by atoms with van der Waals surface area (Å²) in [4.78, 5) is 9.84. The van der Waals surface area contributed by atoms with E-state index in [1.807, 2.05) is 6.92 Å². The Hall–Kier alpha value is -0.740. The van der Waals surface area contributed by atoms with Crippen LogP contribution in [-0.2, 0) is 10.0 Å². The van der Waals surface area contributed by atoms with Crippen LogP contribution in [-0.4, -0.2) is 25.9 Å². The lowest BCUT2D eigenvalue weighted by atomic mass is 10.2. The van der Waals surface area contributed by atoms with Gasteiger partial charge < -0.3 is 5.73 Å². The molecule has 0 aromatic carbocycles. The highest BCUT2D eigenvalue weighted by Gasteiger charge is 2.25. The maximum Gasteiger partial charge on any atom is 0.300 e. The van der Waals surface area contributed by atoms with Gasteiger partial charge >= 0.3 is 0 Å². The van der Waals surface area contributed by atoms with Crippen molar-refractivity contribution < 1.29 is 13.3 Å². The largest absolute Gasteiger partial charge is 0.327 e. The third-order valence-electron chi connectivity index (χ3n) is 2.17. The Morgan fingerprint density at radius 2 is 2.28 bits per heavy atom. The summed E-state index contributed by atoms with van der Waals surface area (Å²) in [6, 6.07) is 0.637. The fourth-order valence-electron chi connectivity index (χ4n) is 1.03. The molecule has 1 atom stereocenters. The van der Waals surface area contributed by atoms with Gasteiger partial charge in [0.15, 0.2) is 4.34 Å². The minimum absolute atomic E-state index is 0.0716. The van der Waals surface area contributed by atoms with E-state index < -0.39 is 20.6 Å². The lowest BCUT2D eigenvalue weighted by molar-refractivity contribution is -0.384. The number of nitrogens with one attached hydrogen (secondary N) is 1. The molecule has 0 saturated carbocycles. The molecule has 102 valence electrons. The summed E-state index contributed by atoms with van der Waals surface area (Å²) in [5.41, 5.74) is 5.17. The Balaban J connectivity index is 2.92. The van der Waals surface area contributed by atoms with E-state index in [-0.39, 0.29) is 21.1 Å². The van der Waals surface area contributed by atoms with Gasteiger partial charge in [0.25, 0.3) is 5.69 Å². The van der Waals surface area contributed by atoms with Gasteiger partial charge in [0.2, 0.25) is 10.0 Å². The van der Waals surface area contributed by atoms with Crippen LogP contribution in [0.4, 0.5) is 5.69 Å². The molecule has 0 spiro atoms. The van der Waals surface area contributed by atoms with Gasteiger partial charge in [-0.15, -0.1) is 11.3 Å². The molecule has 1 unspecified atom stereocenters. The van der Waals surface area contributed by atoms with Crippen LogP contribution in [0.2, 0.25) is 4.34 Å². The normalized spacial score (nSPS) is 13.5. The number of hydrogen-bond acceptors (Lipinski definition) is 6. The Bertz CT molecular complexity index is 543. The number of nitro groups is 1. The highest BCUT2D eigenvalue weighted by molar-refractivity contribution is 7.91. The summed E-state index contributed by atoms with van der Waals surface area (Å²) >= 11 is 6.24. The van der Waals surface area contributed by atoms with Crippen LogP contribution in [0.3, 0.4) is 0 Å². The molecule has 0 aliphatic carbocycles. The molecule has 10 heteroatoms. The number of halogens is 1. The van der Waals surface area contributed by atoms with E-state index in [0.717, 1.165) is 6.07 Å². The lowest BCUT2D eigenvalue weighted by Crippen LogP contribution is -2.36. The van der Waals surface area contributed by atoms with Crippen LogP contribution in [0.15, 0.2) is 10.3 Å². The van der Waals surface area contributed by atoms with Crippen LogP contribution < -0.4 is 10.5 Å². The molecule has 18 heavy (non-hydrogen) atoms. The minimum atomic E-state index is -3.80. The fourth-order valence-corrected chi connectivity index (χ4v) is 3.83. The average Bonchev–Trinajstić information content (AvgIpc) is 2.69. The van der Waals surface area contributed by atoms with Crippen LogP contribution in [0.1, 0.15) is 13.3 Å². The zero-order valence-electron chi connectivity index (χ0n) is 9.42. The predicted octanol–water partition coefficient (Wildman–Crippen LogP) is 1.33. The van der Waals surface area contributed by atoms with Crippen LogP contribution in [0.5, 0.6) is 0 Å². The van der Waals surface area contributed by atoms with Gasteiger partial charge in [-0.1, -0.05) is 18.5 Å². The number of thiophene rings is 1. The molecule has 0 amide bonds. The molecule has 1 heterocycles. The molecular weight excluding hydrogens is 302 g/mol. The first-order chi connectivity index (χ1) is 8.27. The molecule has 1 aromatic heterocycles. The average molecular weight is 314 g/mol. The topological polar surface area (TPSA) is 115 Å². The summed E-state index contributed by atoms with van der Waals surface area (Å²) in [6.45, 7) is 1.90. The molecule has 0 bridgehead atoms. The van der Waals surface area contributed by atoms with Gasteiger partial charge in [-0.3, -0.25) is 10.1 Å². The first-order valence-electron chi connectivity index (χ1n) is 4.97.